The predicted molar refractivity (Wildman–Crippen MR) is 43.4 cm³/mol. The highest BCUT2D eigenvalue weighted by atomic mass is 19.4. The Morgan fingerprint density at radius 1 is 1.31 bits per heavy atom. The first-order chi connectivity index (χ1) is 5.94. The smallest absolute Gasteiger partial charge is 0.448 e. The lowest BCUT2D eigenvalue weighted by Crippen LogP contribution is -2.32. The van der Waals surface area contributed by atoms with E-state index in [0.29, 0.717) is 11.1 Å². The molecule has 1 aromatic heterocycles. The van der Waals surface area contributed by atoms with E-state index in [4.69, 9.17) is 0 Å². The third kappa shape index (κ3) is 2.40. The van der Waals surface area contributed by atoms with Crippen LogP contribution in [0.4, 0.5) is 12.9 Å². The summed E-state index contributed by atoms with van der Waals surface area (Å²) in [5, 5.41) is 0. The Hall–Kier alpha value is -1.14. The molecule has 1 aromatic rings. The monoisotopic (exact) mass is 193 g/mol. The largest absolute Gasteiger partial charge is 0.497 e. The highest BCUT2D eigenvalue weighted by molar-refractivity contribution is 6.57. The van der Waals surface area contributed by atoms with Crippen molar-refractivity contribution in [1.82, 2.24) is 9.13 Å². The van der Waals surface area contributed by atoms with Crippen LogP contribution in [-0.2, 0) is 13.0 Å². The van der Waals surface area contributed by atoms with E-state index < -0.39 is 19.1 Å². The Morgan fingerprint density at radius 3 is 2.23 bits per heavy atom. The summed E-state index contributed by atoms with van der Waals surface area (Å²) >= 11 is 0. The van der Waals surface area contributed by atoms with Crippen molar-refractivity contribution in [3.05, 3.63) is 22.9 Å². The van der Waals surface area contributed by atoms with Gasteiger partial charge in [-0.25, -0.2) is 4.79 Å². The van der Waals surface area contributed by atoms with Gasteiger partial charge in [-0.05, 0) is 13.4 Å². The van der Waals surface area contributed by atoms with Gasteiger partial charge >= 0.3 is 12.7 Å². The number of hydrogen-bond acceptors (Lipinski definition) is 1. The van der Waals surface area contributed by atoms with Gasteiger partial charge in [-0.15, -0.1) is 0 Å². The average molecular weight is 193 g/mol. The molecule has 74 valence electrons. The van der Waals surface area contributed by atoms with Gasteiger partial charge in [0.25, 0.3) is 0 Å². The second kappa shape index (κ2) is 3.31. The summed E-state index contributed by atoms with van der Waals surface area (Å²) < 4.78 is 37.7. The summed E-state index contributed by atoms with van der Waals surface area (Å²) in [6, 6.07) is 0. The normalized spacial score (nSPS) is 12.0. The van der Waals surface area contributed by atoms with Crippen LogP contribution >= 0.6 is 0 Å². The second-order valence-corrected chi connectivity index (χ2v) is 2.73. The van der Waals surface area contributed by atoms with Gasteiger partial charge < -0.3 is 17.5 Å². The standard InChI is InChI=1S/C6H9BF3N2O/c1-2-11-3-4-12(6(11)13)5-7(8,9)10/h3-4H,2,5H2,1H3/q-1. The van der Waals surface area contributed by atoms with Crippen LogP contribution in [0.25, 0.3) is 0 Å². The Balaban J connectivity index is 2.91. The molecule has 0 bridgehead atoms. The number of imidazole rings is 1. The Bertz CT molecular complexity index is 340. The summed E-state index contributed by atoms with van der Waals surface area (Å²) in [6.07, 6.45) is 1.34. The molecule has 3 nitrogen and oxygen atoms in total. The average Bonchev–Trinajstić information content (AvgIpc) is 2.30. The van der Waals surface area contributed by atoms with Crippen LogP contribution in [0.15, 0.2) is 17.2 Å². The van der Waals surface area contributed by atoms with Crippen LogP contribution in [0.3, 0.4) is 0 Å². The van der Waals surface area contributed by atoms with E-state index in [1.54, 1.807) is 6.92 Å². The van der Waals surface area contributed by atoms with Gasteiger partial charge in [0.1, 0.15) is 0 Å². The van der Waals surface area contributed by atoms with Crippen molar-refractivity contribution in [2.75, 3.05) is 0 Å². The maximum Gasteiger partial charge on any atom is 0.497 e. The molecule has 1 heterocycles. The van der Waals surface area contributed by atoms with Crippen LogP contribution in [0, 0.1) is 0 Å². The molecule has 0 aliphatic rings. The van der Waals surface area contributed by atoms with Crippen molar-refractivity contribution in [1.29, 1.82) is 0 Å². The zero-order chi connectivity index (χ0) is 10.1. The molecule has 0 saturated heterocycles. The third-order valence-corrected chi connectivity index (χ3v) is 1.66. The molecule has 0 saturated carbocycles. The molecule has 0 unspecified atom stereocenters. The highest BCUT2D eigenvalue weighted by Gasteiger charge is 2.24. The molecule has 0 aliphatic heterocycles. The molecule has 0 aromatic carbocycles. The maximum atomic E-state index is 11.9. The van der Waals surface area contributed by atoms with Crippen molar-refractivity contribution in [3.8, 4) is 0 Å². The van der Waals surface area contributed by atoms with Gasteiger partial charge in [0.15, 0.2) is 0 Å². The van der Waals surface area contributed by atoms with Crippen LogP contribution < -0.4 is 5.69 Å². The molecule has 7 heteroatoms. The molecule has 13 heavy (non-hydrogen) atoms. The number of rotatable bonds is 3. The van der Waals surface area contributed by atoms with Gasteiger partial charge in [0.2, 0.25) is 0 Å². The van der Waals surface area contributed by atoms with E-state index in [9.17, 15) is 17.7 Å². The molecule has 0 N–H and O–H groups in total. The fourth-order valence-electron chi connectivity index (χ4n) is 1.06. The van der Waals surface area contributed by atoms with E-state index >= 15 is 0 Å². The van der Waals surface area contributed by atoms with Crippen molar-refractivity contribution in [2.24, 2.45) is 0 Å². The first-order valence-electron chi connectivity index (χ1n) is 3.90. The third-order valence-electron chi connectivity index (χ3n) is 1.66. The lowest BCUT2D eigenvalue weighted by Gasteiger charge is -2.12. The zero-order valence-corrected chi connectivity index (χ0v) is 7.08. The number of aromatic nitrogens is 2. The van der Waals surface area contributed by atoms with Crippen molar-refractivity contribution < 1.29 is 12.9 Å². The number of halogens is 3. The quantitative estimate of drug-likeness (QED) is 0.659. The maximum absolute atomic E-state index is 11.9. The minimum Gasteiger partial charge on any atom is -0.448 e. The van der Waals surface area contributed by atoms with Gasteiger partial charge in [-0.1, -0.05) is 0 Å². The van der Waals surface area contributed by atoms with Crippen molar-refractivity contribution >= 4 is 6.98 Å². The van der Waals surface area contributed by atoms with Gasteiger partial charge in [0.05, 0.1) is 0 Å². The summed E-state index contributed by atoms with van der Waals surface area (Å²) in [7, 11) is 0. The van der Waals surface area contributed by atoms with E-state index in [1.807, 2.05) is 0 Å². The summed E-state index contributed by atoms with van der Waals surface area (Å²) in [4.78, 5) is 11.1. The zero-order valence-electron chi connectivity index (χ0n) is 7.08. The minimum absolute atomic E-state index is 0.386. The minimum atomic E-state index is -4.94. The predicted octanol–water partition coefficient (Wildman–Crippen LogP) is 1.06. The highest BCUT2D eigenvalue weighted by Crippen LogP contribution is 2.09. The van der Waals surface area contributed by atoms with Gasteiger partial charge in [-0.2, -0.15) is 0 Å². The Labute approximate surface area is 72.8 Å². The topological polar surface area (TPSA) is 26.9 Å². The first kappa shape index (κ1) is 9.95. The van der Waals surface area contributed by atoms with E-state index in [1.165, 1.54) is 10.8 Å². The van der Waals surface area contributed by atoms with Crippen LogP contribution in [-0.4, -0.2) is 16.1 Å². The first-order valence-corrected chi connectivity index (χ1v) is 3.90. The molecular weight excluding hydrogens is 184 g/mol. The lowest BCUT2D eigenvalue weighted by molar-refractivity contribution is 0.441. The fourth-order valence-corrected chi connectivity index (χ4v) is 1.06. The van der Waals surface area contributed by atoms with Crippen molar-refractivity contribution in [2.45, 2.75) is 19.9 Å². The Morgan fingerprint density at radius 2 is 1.85 bits per heavy atom. The lowest BCUT2D eigenvalue weighted by atomic mass is 9.92. The molecule has 0 amide bonds. The molecule has 0 fully saturated rings. The van der Waals surface area contributed by atoms with Gasteiger partial charge in [0, 0.05) is 18.9 Å². The molecule has 0 radical (unpaired) electrons. The number of aryl methyl sites for hydroxylation is 1. The Kier molecular flexibility index (Phi) is 2.54. The van der Waals surface area contributed by atoms with Crippen LogP contribution in [0.1, 0.15) is 6.92 Å². The summed E-state index contributed by atoms with van der Waals surface area (Å²) in [5.41, 5.74) is -0.610. The van der Waals surface area contributed by atoms with Crippen molar-refractivity contribution in [3.63, 3.8) is 0 Å². The summed E-state index contributed by atoms with van der Waals surface area (Å²) in [6.45, 7) is -2.86. The molecular formula is C6H9BF3N2O-. The summed E-state index contributed by atoms with van der Waals surface area (Å²) in [5.74, 6) is 0. The molecule has 0 spiro atoms. The SMILES string of the molecule is CCn1ccn(C[B-](F)(F)F)c1=O. The van der Waals surface area contributed by atoms with Gasteiger partial charge in [-0.3, -0.25) is 4.57 Å². The molecule has 0 atom stereocenters. The van der Waals surface area contributed by atoms with Crippen LogP contribution in [0.5, 0.6) is 0 Å². The number of nitrogens with zero attached hydrogens (tertiary/aromatic N) is 2. The van der Waals surface area contributed by atoms with E-state index in [0.717, 1.165) is 6.20 Å². The molecule has 0 aliphatic carbocycles. The van der Waals surface area contributed by atoms with Crippen LogP contribution in [0.2, 0.25) is 0 Å². The van der Waals surface area contributed by atoms with E-state index in [2.05, 4.69) is 0 Å². The fraction of sp³-hybridized carbons (Fsp3) is 0.500. The number of hydrogen-bond donors (Lipinski definition) is 0. The van der Waals surface area contributed by atoms with E-state index in [-0.39, 0.29) is 0 Å². The second-order valence-electron chi connectivity index (χ2n) is 2.73. The molecule has 1 rings (SSSR count).